The number of aromatic nitrogens is 1. The van der Waals surface area contributed by atoms with E-state index in [4.69, 9.17) is 5.84 Å². The Morgan fingerprint density at radius 3 is 2.79 bits per heavy atom. The standard InChI is InChI=1S/C14H16N4O/c1-10-5-6-12(13(8-10)17-15)14(19)18(2)11-4-3-7-16-9-11/h3-9,17H,15H2,1-2H3. The van der Waals surface area contributed by atoms with E-state index in [0.29, 0.717) is 11.3 Å². The Labute approximate surface area is 112 Å². The van der Waals surface area contributed by atoms with Crippen LogP contribution >= 0.6 is 0 Å². The van der Waals surface area contributed by atoms with Crippen LogP contribution in [-0.2, 0) is 0 Å². The van der Waals surface area contributed by atoms with E-state index in [-0.39, 0.29) is 5.91 Å². The maximum absolute atomic E-state index is 12.4. The minimum Gasteiger partial charge on any atom is -0.323 e. The number of amides is 1. The van der Waals surface area contributed by atoms with Crippen molar-refractivity contribution < 1.29 is 4.79 Å². The molecule has 98 valence electrons. The van der Waals surface area contributed by atoms with Crippen molar-refractivity contribution in [2.24, 2.45) is 5.84 Å². The van der Waals surface area contributed by atoms with Gasteiger partial charge in [0.25, 0.3) is 5.91 Å². The summed E-state index contributed by atoms with van der Waals surface area (Å²) in [5, 5.41) is 0. The second-order valence-electron chi connectivity index (χ2n) is 4.27. The molecule has 1 heterocycles. The van der Waals surface area contributed by atoms with Gasteiger partial charge in [0.05, 0.1) is 23.1 Å². The Morgan fingerprint density at radius 2 is 2.16 bits per heavy atom. The van der Waals surface area contributed by atoms with E-state index in [0.717, 1.165) is 11.3 Å². The second-order valence-corrected chi connectivity index (χ2v) is 4.27. The molecule has 0 aliphatic heterocycles. The zero-order valence-corrected chi connectivity index (χ0v) is 10.9. The largest absolute Gasteiger partial charge is 0.323 e. The van der Waals surface area contributed by atoms with E-state index in [1.165, 1.54) is 0 Å². The third-order valence-electron chi connectivity index (χ3n) is 2.90. The van der Waals surface area contributed by atoms with Gasteiger partial charge in [0.1, 0.15) is 0 Å². The van der Waals surface area contributed by atoms with Crippen LogP contribution in [0, 0.1) is 6.92 Å². The minimum absolute atomic E-state index is 0.138. The highest BCUT2D eigenvalue weighted by Crippen LogP contribution is 2.20. The van der Waals surface area contributed by atoms with Crippen molar-refractivity contribution in [1.82, 2.24) is 4.98 Å². The number of nitrogens with zero attached hydrogens (tertiary/aromatic N) is 2. The maximum Gasteiger partial charge on any atom is 0.260 e. The van der Waals surface area contributed by atoms with E-state index in [1.807, 2.05) is 25.1 Å². The number of hydrazine groups is 1. The molecule has 0 saturated heterocycles. The first-order valence-electron chi connectivity index (χ1n) is 5.89. The van der Waals surface area contributed by atoms with Crippen LogP contribution in [0.25, 0.3) is 0 Å². The molecule has 0 fully saturated rings. The number of pyridine rings is 1. The highest BCUT2D eigenvalue weighted by molar-refractivity contribution is 6.09. The Morgan fingerprint density at radius 1 is 1.37 bits per heavy atom. The van der Waals surface area contributed by atoms with Gasteiger partial charge in [-0.25, -0.2) is 0 Å². The number of rotatable bonds is 3. The molecule has 0 aliphatic rings. The molecule has 19 heavy (non-hydrogen) atoms. The van der Waals surface area contributed by atoms with Crippen LogP contribution in [0.15, 0.2) is 42.7 Å². The Kier molecular flexibility index (Phi) is 3.77. The van der Waals surface area contributed by atoms with Gasteiger partial charge in [-0.1, -0.05) is 6.07 Å². The number of nitrogens with one attached hydrogen (secondary N) is 1. The molecular weight excluding hydrogens is 240 g/mol. The molecule has 5 heteroatoms. The van der Waals surface area contributed by atoms with E-state index in [9.17, 15) is 4.79 Å². The average molecular weight is 256 g/mol. The summed E-state index contributed by atoms with van der Waals surface area (Å²) in [5.74, 6) is 5.33. The Hall–Kier alpha value is -2.40. The summed E-state index contributed by atoms with van der Waals surface area (Å²) < 4.78 is 0. The second kappa shape index (κ2) is 5.49. The molecule has 1 aromatic carbocycles. The first-order valence-corrected chi connectivity index (χ1v) is 5.89. The van der Waals surface area contributed by atoms with E-state index >= 15 is 0 Å². The molecule has 0 aliphatic carbocycles. The first-order chi connectivity index (χ1) is 9.13. The van der Waals surface area contributed by atoms with Gasteiger partial charge in [-0.2, -0.15) is 0 Å². The van der Waals surface area contributed by atoms with E-state index < -0.39 is 0 Å². The summed E-state index contributed by atoms with van der Waals surface area (Å²) >= 11 is 0. The summed E-state index contributed by atoms with van der Waals surface area (Å²) in [5.41, 5.74) is 5.47. The Balaban J connectivity index is 2.34. The molecule has 0 spiro atoms. The number of carbonyl (C=O) groups is 1. The number of nitrogen functional groups attached to an aromatic ring is 1. The van der Waals surface area contributed by atoms with Crippen LogP contribution in [-0.4, -0.2) is 17.9 Å². The summed E-state index contributed by atoms with van der Waals surface area (Å²) in [6, 6.07) is 9.10. The van der Waals surface area contributed by atoms with Crippen molar-refractivity contribution in [3.63, 3.8) is 0 Å². The molecular formula is C14H16N4O. The van der Waals surface area contributed by atoms with Gasteiger partial charge in [0, 0.05) is 13.2 Å². The van der Waals surface area contributed by atoms with Crippen LogP contribution in [0.2, 0.25) is 0 Å². The van der Waals surface area contributed by atoms with Gasteiger partial charge < -0.3 is 10.3 Å². The molecule has 3 N–H and O–H groups in total. The number of hydrogen-bond acceptors (Lipinski definition) is 4. The van der Waals surface area contributed by atoms with Crippen molar-refractivity contribution in [3.05, 3.63) is 53.9 Å². The highest BCUT2D eigenvalue weighted by Gasteiger charge is 2.16. The van der Waals surface area contributed by atoms with Crippen LogP contribution in [0.3, 0.4) is 0 Å². The fraction of sp³-hybridized carbons (Fsp3) is 0.143. The molecule has 1 aromatic heterocycles. The number of carbonyl (C=O) groups excluding carboxylic acids is 1. The fourth-order valence-corrected chi connectivity index (χ4v) is 1.81. The topological polar surface area (TPSA) is 71.2 Å². The lowest BCUT2D eigenvalue weighted by Gasteiger charge is -2.18. The summed E-state index contributed by atoms with van der Waals surface area (Å²) in [7, 11) is 1.71. The molecule has 0 atom stereocenters. The molecule has 0 saturated carbocycles. The summed E-state index contributed by atoms with van der Waals surface area (Å²) in [6.07, 6.45) is 3.31. The lowest BCUT2D eigenvalue weighted by Crippen LogP contribution is -2.27. The van der Waals surface area contributed by atoms with Gasteiger partial charge in [-0.3, -0.25) is 15.6 Å². The van der Waals surface area contributed by atoms with E-state index in [2.05, 4.69) is 10.4 Å². The predicted molar refractivity (Wildman–Crippen MR) is 76.0 cm³/mol. The number of hydrogen-bond donors (Lipinski definition) is 2. The molecule has 2 aromatic rings. The molecule has 2 rings (SSSR count). The SMILES string of the molecule is Cc1ccc(C(=O)N(C)c2cccnc2)c(NN)c1. The molecule has 0 unspecified atom stereocenters. The number of benzene rings is 1. The van der Waals surface area contributed by atoms with Crippen LogP contribution in [0.4, 0.5) is 11.4 Å². The predicted octanol–water partition coefficient (Wildman–Crippen LogP) is 1.95. The normalized spacial score (nSPS) is 10.1. The quantitative estimate of drug-likeness (QED) is 0.650. The smallest absolute Gasteiger partial charge is 0.260 e. The van der Waals surface area contributed by atoms with Gasteiger partial charge in [-0.05, 0) is 36.8 Å². The van der Waals surface area contributed by atoms with Crippen molar-refractivity contribution in [2.45, 2.75) is 6.92 Å². The van der Waals surface area contributed by atoms with E-state index in [1.54, 1.807) is 36.5 Å². The summed E-state index contributed by atoms with van der Waals surface area (Å²) in [4.78, 5) is 18.0. The lowest BCUT2D eigenvalue weighted by molar-refractivity contribution is 0.0993. The van der Waals surface area contributed by atoms with Crippen molar-refractivity contribution in [1.29, 1.82) is 0 Å². The van der Waals surface area contributed by atoms with Crippen LogP contribution < -0.4 is 16.2 Å². The zero-order valence-electron chi connectivity index (χ0n) is 10.9. The monoisotopic (exact) mass is 256 g/mol. The average Bonchev–Trinajstić information content (AvgIpc) is 2.46. The zero-order chi connectivity index (χ0) is 13.8. The van der Waals surface area contributed by atoms with Crippen molar-refractivity contribution in [3.8, 4) is 0 Å². The van der Waals surface area contributed by atoms with Gasteiger partial charge in [0.15, 0.2) is 0 Å². The molecule has 0 radical (unpaired) electrons. The van der Waals surface area contributed by atoms with Crippen LogP contribution in [0.1, 0.15) is 15.9 Å². The van der Waals surface area contributed by atoms with Crippen molar-refractivity contribution >= 4 is 17.3 Å². The third-order valence-corrected chi connectivity index (χ3v) is 2.90. The van der Waals surface area contributed by atoms with Crippen LogP contribution in [0.5, 0.6) is 0 Å². The minimum atomic E-state index is -0.138. The molecule has 0 bridgehead atoms. The summed E-state index contributed by atoms with van der Waals surface area (Å²) in [6.45, 7) is 1.94. The maximum atomic E-state index is 12.4. The first kappa shape index (κ1) is 13.0. The molecule has 1 amide bonds. The number of nitrogens with two attached hydrogens (primary N) is 1. The number of anilines is 2. The fourth-order valence-electron chi connectivity index (χ4n) is 1.81. The van der Waals surface area contributed by atoms with Gasteiger partial charge in [0.2, 0.25) is 0 Å². The van der Waals surface area contributed by atoms with Gasteiger partial charge >= 0.3 is 0 Å². The Bertz CT molecular complexity index is 583. The van der Waals surface area contributed by atoms with Gasteiger partial charge in [-0.15, -0.1) is 0 Å². The lowest BCUT2D eigenvalue weighted by atomic mass is 10.1. The number of aryl methyl sites for hydroxylation is 1. The molecule has 5 nitrogen and oxygen atoms in total. The van der Waals surface area contributed by atoms with Crippen molar-refractivity contribution in [2.75, 3.05) is 17.4 Å². The highest BCUT2D eigenvalue weighted by atomic mass is 16.2. The third kappa shape index (κ3) is 2.71.